The van der Waals surface area contributed by atoms with Crippen molar-refractivity contribution in [1.82, 2.24) is 20.2 Å². The van der Waals surface area contributed by atoms with Gasteiger partial charge < -0.3 is 14.4 Å². The summed E-state index contributed by atoms with van der Waals surface area (Å²) in [5.74, 6) is 1.74. The van der Waals surface area contributed by atoms with Crippen molar-refractivity contribution in [1.29, 1.82) is 0 Å². The van der Waals surface area contributed by atoms with Crippen molar-refractivity contribution < 1.29 is 13.8 Å². The van der Waals surface area contributed by atoms with E-state index in [4.69, 9.17) is 9.05 Å². The minimum Gasteiger partial charge on any atom is -0.359 e. The number of anilines is 1. The van der Waals surface area contributed by atoms with Crippen molar-refractivity contribution in [2.75, 3.05) is 11.9 Å². The van der Waals surface area contributed by atoms with Gasteiger partial charge in [0.2, 0.25) is 5.89 Å². The summed E-state index contributed by atoms with van der Waals surface area (Å²) in [5, 5.41) is 10.7. The second-order valence-corrected chi connectivity index (χ2v) is 7.16. The molecule has 0 radical (unpaired) electrons. The second kappa shape index (κ2) is 7.55. The summed E-state index contributed by atoms with van der Waals surface area (Å²) in [7, 11) is 0. The Morgan fingerprint density at radius 3 is 2.82 bits per heavy atom. The molecule has 4 rings (SSSR count). The molecule has 1 aliphatic heterocycles. The summed E-state index contributed by atoms with van der Waals surface area (Å²) in [4.78, 5) is 19.4. The van der Waals surface area contributed by atoms with Crippen LogP contribution in [-0.2, 0) is 6.54 Å². The molecule has 1 aliphatic rings. The zero-order chi connectivity index (χ0) is 19.7. The topological polar surface area (TPSA) is 97.3 Å². The Morgan fingerprint density at radius 2 is 2.11 bits per heavy atom. The van der Waals surface area contributed by atoms with Crippen molar-refractivity contribution in [3.8, 4) is 0 Å². The molecule has 1 aromatic carbocycles. The summed E-state index contributed by atoms with van der Waals surface area (Å²) in [5.41, 5.74) is 2.95. The Hall–Kier alpha value is -3.00. The fraction of sp³-hybridized carbons (Fsp3) is 0.400. The number of aromatic nitrogens is 3. The van der Waals surface area contributed by atoms with Gasteiger partial charge in [0.25, 0.3) is 5.91 Å². The molecule has 146 valence electrons. The quantitative estimate of drug-likeness (QED) is 0.721. The maximum atomic E-state index is 12.7. The van der Waals surface area contributed by atoms with E-state index >= 15 is 0 Å². The van der Waals surface area contributed by atoms with Gasteiger partial charge in [0, 0.05) is 12.1 Å². The molecule has 1 saturated heterocycles. The Bertz CT molecular complexity index is 974. The van der Waals surface area contributed by atoms with Gasteiger partial charge in [-0.1, -0.05) is 22.4 Å². The van der Waals surface area contributed by atoms with Gasteiger partial charge in [-0.25, -0.2) is 0 Å². The lowest BCUT2D eigenvalue weighted by molar-refractivity contribution is 0.102. The van der Waals surface area contributed by atoms with Gasteiger partial charge in [0.15, 0.2) is 11.6 Å². The summed E-state index contributed by atoms with van der Waals surface area (Å²) in [6, 6.07) is 7.78. The van der Waals surface area contributed by atoms with Gasteiger partial charge >= 0.3 is 0 Å². The first kappa shape index (κ1) is 18.4. The molecule has 0 bridgehead atoms. The molecule has 0 aliphatic carbocycles. The van der Waals surface area contributed by atoms with Crippen LogP contribution in [0.4, 0.5) is 5.69 Å². The molecule has 1 atom stereocenters. The van der Waals surface area contributed by atoms with E-state index in [1.807, 2.05) is 25.1 Å². The number of hydrogen-bond donors (Lipinski definition) is 1. The van der Waals surface area contributed by atoms with E-state index in [9.17, 15) is 4.79 Å². The van der Waals surface area contributed by atoms with Gasteiger partial charge in [0.05, 0.1) is 6.04 Å². The number of likely N-dealkylation sites (tertiary alicyclic amines) is 1. The highest BCUT2D eigenvalue weighted by molar-refractivity contribution is 6.04. The zero-order valence-electron chi connectivity index (χ0n) is 16.2. The third kappa shape index (κ3) is 3.68. The Morgan fingerprint density at radius 1 is 1.25 bits per heavy atom. The predicted octanol–water partition coefficient (Wildman–Crippen LogP) is 3.57. The van der Waals surface area contributed by atoms with Gasteiger partial charge in [-0.3, -0.25) is 9.69 Å². The van der Waals surface area contributed by atoms with E-state index in [1.165, 1.54) is 0 Å². The lowest BCUT2D eigenvalue weighted by Gasteiger charge is -2.21. The fourth-order valence-electron chi connectivity index (χ4n) is 3.64. The molecule has 0 spiro atoms. The van der Waals surface area contributed by atoms with E-state index in [2.05, 4.69) is 25.5 Å². The number of aryl methyl sites for hydroxylation is 3. The van der Waals surface area contributed by atoms with Crippen LogP contribution in [0, 0.1) is 20.8 Å². The van der Waals surface area contributed by atoms with E-state index in [0.717, 1.165) is 31.5 Å². The summed E-state index contributed by atoms with van der Waals surface area (Å²) >= 11 is 0. The van der Waals surface area contributed by atoms with Crippen LogP contribution in [0.25, 0.3) is 0 Å². The van der Waals surface area contributed by atoms with Gasteiger partial charge in [-0.15, -0.1) is 0 Å². The molecular formula is C20H23N5O3. The number of rotatable bonds is 5. The van der Waals surface area contributed by atoms with Gasteiger partial charge in [-0.05, 0) is 57.9 Å². The lowest BCUT2D eigenvalue weighted by Crippen LogP contribution is -2.23. The number of nitrogens with one attached hydrogen (secondary N) is 1. The molecule has 8 heteroatoms. The van der Waals surface area contributed by atoms with E-state index in [1.54, 1.807) is 19.9 Å². The molecule has 1 fully saturated rings. The number of carbonyl (C=O) groups is 1. The van der Waals surface area contributed by atoms with Crippen LogP contribution in [0.2, 0.25) is 0 Å². The minimum absolute atomic E-state index is 0.126. The normalized spacial score (nSPS) is 17.2. The molecule has 1 unspecified atom stereocenters. The first-order valence-electron chi connectivity index (χ1n) is 9.38. The monoisotopic (exact) mass is 381 g/mol. The third-order valence-corrected chi connectivity index (χ3v) is 5.04. The van der Waals surface area contributed by atoms with Gasteiger partial charge in [0.1, 0.15) is 11.4 Å². The second-order valence-electron chi connectivity index (χ2n) is 7.16. The van der Waals surface area contributed by atoms with E-state index in [0.29, 0.717) is 34.4 Å². The van der Waals surface area contributed by atoms with E-state index in [-0.39, 0.29) is 11.9 Å². The molecule has 28 heavy (non-hydrogen) atoms. The number of nitrogens with zero attached hydrogens (tertiary/aromatic N) is 4. The maximum Gasteiger partial charge on any atom is 0.255 e. The van der Waals surface area contributed by atoms with Crippen LogP contribution < -0.4 is 5.32 Å². The highest BCUT2D eigenvalue weighted by Gasteiger charge is 2.30. The molecule has 0 saturated carbocycles. The van der Waals surface area contributed by atoms with Crippen LogP contribution in [0.1, 0.15) is 58.0 Å². The lowest BCUT2D eigenvalue weighted by atomic mass is 10.1. The Labute approximate surface area is 162 Å². The first-order chi connectivity index (χ1) is 13.5. The average Bonchev–Trinajstić information content (AvgIpc) is 3.39. The number of hydrogen-bond acceptors (Lipinski definition) is 7. The van der Waals surface area contributed by atoms with Crippen LogP contribution in [0.5, 0.6) is 0 Å². The molecule has 1 N–H and O–H groups in total. The van der Waals surface area contributed by atoms with Crippen molar-refractivity contribution in [2.45, 2.75) is 46.2 Å². The highest BCUT2D eigenvalue weighted by atomic mass is 16.5. The molecule has 8 nitrogen and oxygen atoms in total. The standard InChI is InChI=1S/C20H23N5O3/c1-12-18(13(2)27-23-12)22-19(26)16-7-4-6-15(10-16)11-25-9-5-8-17(25)20-21-14(3)24-28-20/h4,6-7,10,17H,5,8-9,11H2,1-3H3,(H,22,26). The summed E-state index contributed by atoms with van der Waals surface area (Å²) in [6.45, 7) is 7.08. The first-order valence-corrected chi connectivity index (χ1v) is 9.38. The van der Waals surface area contributed by atoms with Crippen LogP contribution in [0.3, 0.4) is 0 Å². The van der Waals surface area contributed by atoms with Crippen molar-refractivity contribution in [2.24, 2.45) is 0 Å². The molecule has 3 heterocycles. The summed E-state index contributed by atoms with van der Waals surface area (Å²) in [6.07, 6.45) is 2.08. The van der Waals surface area contributed by atoms with Gasteiger partial charge in [-0.2, -0.15) is 4.98 Å². The SMILES string of the molecule is Cc1noc(C2CCCN2Cc2cccc(C(=O)Nc3c(C)noc3C)c2)n1. The van der Waals surface area contributed by atoms with Crippen LogP contribution in [-0.4, -0.2) is 32.6 Å². The number of benzene rings is 1. The Balaban J connectivity index is 1.48. The molecule has 2 aromatic heterocycles. The van der Waals surface area contributed by atoms with Crippen molar-refractivity contribution in [3.05, 3.63) is 58.6 Å². The fourth-order valence-corrected chi connectivity index (χ4v) is 3.64. The number of carbonyl (C=O) groups excluding carboxylic acids is 1. The minimum atomic E-state index is -0.179. The molecule has 3 aromatic rings. The van der Waals surface area contributed by atoms with Crippen LogP contribution >= 0.6 is 0 Å². The third-order valence-electron chi connectivity index (χ3n) is 5.04. The smallest absolute Gasteiger partial charge is 0.255 e. The number of amides is 1. The largest absolute Gasteiger partial charge is 0.359 e. The van der Waals surface area contributed by atoms with Crippen LogP contribution in [0.15, 0.2) is 33.3 Å². The maximum absolute atomic E-state index is 12.7. The van der Waals surface area contributed by atoms with E-state index < -0.39 is 0 Å². The molecule has 1 amide bonds. The van der Waals surface area contributed by atoms with Crippen molar-refractivity contribution in [3.63, 3.8) is 0 Å². The summed E-state index contributed by atoms with van der Waals surface area (Å²) < 4.78 is 10.5. The average molecular weight is 381 g/mol. The predicted molar refractivity (Wildman–Crippen MR) is 102 cm³/mol. The zero-order valence-corrected chi connectivity index (χ0v) is 16.2. The Kier molecular flexibility index (Phi) is 4.95. The molecular weight excluding hydrogens is 358 g/mol. The van der Waals surface area contributed by atoms with Crippen molar-refractivity contribution >= 4 is 11.6 Å². The highest BCUT2D eigenvalue weighted by Crippen LogP contribution is 2.32.